The van der Waals surface area contributed by atoms with E-state index in [0.29, 0.717) is 19.3 Å². The van der Waals surface area contributed by atoms with Gasteiger partial charge in [0, 0.05) is 9.84 Å². The number of hydrogen-bond acceptors (Lipinski definition) is 0. The van der Waals surface area contributed by atoms with Gasteiger partial charge in [0.2, 0.25) is 0 Å². The van der Waals surface area contributed by atoms with Crippen molar-refractivity contribution in [2.24, 2.45) is 0 Å². The molecule has 0 aliphatic carbocycles. The lowest BCUT2D eigenvalue weighted by molar-refractivity contribution is -0.462. The molecule has 1 atom stereocenters. The van der Waals surface area contributed by atoms with Gasteiger partial charge in [-0.2, -0.15) is 74.6 Å². The maximum Gasteiger partial charge on any atom is 0.460 e. The summed E-state index contributed by atoms with van der Waals surface area (Å²) < 4.78 is 226. The SMILES string of the molecule is CCCCCCCCC(I)(CC)CC(F)(F)C(F)(F)C(F)(F)C(F)(F)C(F)(F)C(F)(F)C(F)(F)C(F)(F)F. The highest BCUT2D eigenvalue weighted by molar-refractivity contribution is 14.1. The molecule has 0 saturated heterocycles. The molecular formula is C20H24F17I. The normalized spacial score (nSPS) is 17.1. The van der Waals surface area contributed by atoms with E-state index in [4.69, 9.17) is 0 Å². The zero-order valence-corrected chi connectivity index (χ0v) is 21.8. The zero-order chi connectivity index (χ0) is 30.9. The summed E-state index contributed by atoms with van der Waals surface area (Å²) in [5, 5.41) is 0. The second-order valence-corrected chi connectivity index (χ2v) is 11.1. The van der Waals surface area contributed by atoms with Gasteiger partial charge in [-0.3, -0.25) is 0 Å². The number of rotatable bonds is 16. The minimum absolute atomic E-state index is 0.0610. The van der Waals surface area contributed by atoms with Gasteiger partial charge in [0.25, 0.3) is 0 Å². The van der Waals surface area contributed by atoms with Crippen molar-refractivity contribution in [2.45, 2.75) is 123 Å². The highest BCUT2D eigenvalue weighted by Gasteiger charge is 2.95. The third-order valence-corrected chi connectivity index (χ3v) is 7.62. The van der Waals surface area contributed by atoms with Crippen LogP contribution in [0, 0.1) is 0 Å². The van der Waals surface area contributed by atoms with Gasteiger partial charge in [0.05, 0.1) is 0 Å². The summed E-state index contributed by atoms with van der Waals surface area (Å²) in [5.41, 5.74) is 0. The Morgan fingerprint density at radius 2 is 0.789 bits per heavy atom. The quantitative estimate of drug-likeness (QED) is 0.0647. The predicted molar refractivity (Wildman–Crippen MR) is 110 cm³/mol. The smallest absolute Gasteiger partial charge is 0.200 e. The minimum Gasteiger partial charge on any atom is -0.200 e. The maximum absolute atomic E-state index is 14.4. The van der Waals surface area contributed by atoms with E-state index in [1.807, 2.05) is 6.92 Å². The monoisotopic (exact) mass is 714 g/mol. The van der Waals surface area contributed by atoms with Crippen molar-refractivity contribution < 1.29 is 74.6 Å². The van der Waals surface area contributed by atoms with E-state index < -0.39 is 63.9 Å². The fourth-order valence-electron chi connectivity index (χ4n) is 3.32. The van der Waals surface area contributed by atoms with Crippen LogP contribution in [0.3, 0.4) is 0 Å². The minimum atomic E-state index is -8.59. The van der Waals surface area contributed by atoms with Crippen molar-refractivity contribution in [2.75, 3.05) is 0 Å². The lowest BCUT2D eigenvalue weighted by Crippen LogP contribution is -2.74. The molecule has 0 spiro atoms. The Balaban J connectivity index is 6.28. The van der Waals surface area contributed by atoms with Gasteiger partial charge in [-0.25, -0.2) is 0 Å². The van der Waals surface area contributed by atoms with E-state index >= 15 is 0 Å². The summed E-state index contributed by atoms with van der Waals surface area (Å²) in [7, 11) is 0. The van der Waals surface area contributed by atoms with Crippen LogP contribution in [-0.4, -0.2) is 51.1 Å². The van der Waals surface area contributed by atoms with Gasteiger partial charge in [0.1, 0.15) is 0 Å². The van der Waals surface area contributed by atoms with Gasteiger partial charge in [0.15, 0.2) is 0 Å². The first-order chi connectivity index (χ1) is 16.6. The fraction of sp³-hybridized carbons (Fsp3) is 1.00. The van der Waals surface area contributed by atoms with Crippen LogP contribution in [0.15, 0.2) is 0 Å². The van der Waals surface area contributed by atoms with Crippen LogP contribution in [0.2, 0.25) is 0 Å². The fourth-order valence-corrected chi connectivity index (χ4v) is 4.18. The summed E-state index contributed by atoms with van der Waals surface area (Å²) in [6, 6.07) is 0. The van der Waals surface area contributed by atoms with Crippen molar-refractivity contribution >= 4 is 22.6 Å². The van der Waals surface area contributed by atoms with E-state index in [1.165, 1.54) is 0 Å². The number of alkyl halides is 18. The molecule has 0 bridgehead atoms. The highest BCUT2D eigenvalue weighted by atomic mass is 127. The van der Waals surface area contributed by atoms with Crippen molar-refractivity contribution in [3.8, 4) is 0 Å². The lowest BCUT2D eigenvalue weighted by atomic mass is 9.84. The molecule has 0 fully saturated rings. The molecule has 0 rings (SSSR count). The Labute approximate surface area is 220 Å². The van der Waals surface area contributed by atoms with Crippen LogP contribution in [0.4, 0.5) is 74.6 Å². The van der Waals surface area contributed by atoms with Gasteiger partial charge < -0.3 is 0 Å². The lowest BCUT2D eigenvalue weighted by Gasteiger charge is -2.43. The average Bonchev–Trinajstić information content (AvgIpc) is 2.74. The van der Waals surface area contributed by atoms with Gasteiger partial charge in [-0.15, -0.1) is 0 Å². The van der Waals surface area contributed by atoms with Gasteiger partial charge >= 0.3 is 47.6 Å². The first kappa shape index (κ1) is 37.5. The molecule has 0 N–H and O–H groups in total. The van der Waals surface area contributed by atoms with Crippen molar-refractivity contribution in [1.29, 1.82) is 0 Å². The second-order valence-electron chi connectivity index (χ2n) is 8.85. The Morgan fingerprint density at radius 1 is 0.447 bits per heavy atom. The summed E-state index contributed by atoms with van der Waals surface area (Å²) in [5.74, 6) is -55.9. The first-order valence-electron chi connectivity index (χ1n) is 11.0. The summed E-state index contributed by atoms with van der Waals surface area (Å²) in [6.07, 6.45) is -7.66. The summed E-state index contributed by atoms with van der Waals surface area (Å²) >= 11 is 1.13. The molecule has 0 aromatic heterocycles. The largest absolute Gasteiger partial charge is 0.460 e. The molecule has 0 aliphatic heterocycles. The van der Waals surface area contributed by atoms with Crippen LogP contribution >= 0.6 is 22.6 Å². The molecule has 0 radical (unpaired) electrons. The Morgan fingerprint density at radius 3 is 1.16 bits per heavy atom. The number of hydrogen-bond donors (Lipinski definition) is 0. The number of unbranched alkanes of at least 4 members (excludes halogenated alkanes) is 5. The van der Waals surface area contributed by atoms with E-state index in [1.54, 1.807) is 0 Å². The molecule has 0 amide bonds. The molecule has 0 nitrogen and oxygen atoms in total. The van der Waals surface area contributed by atoms with E-state index in [-0.39, 0.29) is 12.8 Å². The Hall–Kier alpha value is -0.460. The first-order valence-corrected chi connectivity index (χ1v) is 12.1. The molecule has 18 heteroatoms. The van der Waals surface area contributed by atoms with Crippen molar-refractivity contribution in [3.05, 3.63) is 0 Å². The Kier molecular flexibility index (Phi) is 11.7. The highest BCUT2D eigenvalue weighted by Crippen LogP contribution is 2.64. The third kappa shape index (κ3) is 6.54. The van der Waals surface area contributed by atoms with Gasteiger partial charge in [-0.1, -0.05) is 75.0 Å². The molecule has 1 unspecified atom stereocenters. The molecule has 38 heavy (non-hydrogen) atoms. The van der Waals surface area contributed by atoms with E-state index in [2.05, 4.69) is 0 Å². The van der Waals surface area contributed by atoms with E-state index in [9.17, 15) is 74.6 Å². The molecule has 230 valence electrons. The third-order valence-electron chi connectivity index (χ3n) is 5.94. The molecule has 0 aromatic carbocycles. The van der Waals surface area contributed by atoms with Crippen LogP contribution in [0.5, 0.6) is 0 Å². The summed E-state index contributed by atoms with van der Waals surface area (Å²) in [6.45, 7) is 2.98. The van der Waals surface area contributed by atoms with Crippen LogP contribution in [-0.2, 0) is 0 Å². The second kappa shape index (κ2) is 11.8. The predicted octanol–water partition coefficient (Wildman–Crippen LogP) is 10.7. The molecule has 0 saturated carbocycles. The zero-order valence-electron chi connectivity index (χ0n) is 19.7. The average molecular weight is 714 g/mol. The summed E-state index contributed by atoms with van der Waals surface area (Å²) in [4.78, 5) is 0. The molecule has 0 aliphatic rings. The van der Waals surface area contributed by atoms with Crippen LogP contribution in [0.25, 0.3) is 0 Å². The Bertz CT molecular complexity index is 759. The van der Waals surface area contributed by atoms with Crippen LogP contribution in [0.1, 0.15) is 71.6 Å². The van der Waals surface area contributed by atoms with Crippen molar-refractivity contribution in [1.82, 2.24) is 0 Å². The van der Waals surface area contributed by atoms with Gasteiger partial charge in [-0.05, 0) is 12.8 Å². The van der Waals surface area contributed by atoms with Crippen LogP contribution < -0.4 is 0 Å². The van der Waals surface area contributed by atoms with Crippen molar-refractivity contribution in [3.63, 3.8) is 0 Å². The topological polar surface area (TPSA) is 0 Å². The molecular weight excluding hydrogens is 690 g/mol. The molecule has 0 aromatic rings. The van der Waals surface area contributed by atoms with E-state index in [0.717, 1.165) is 42.4 Å². The number of halogens is 18. The maximum atomic E-state index is 14.4. The molecule has 0 heterocycles. The standard InChI is InChI=1S/C20H24F17I/c1-3-5-6-7-8-9-10-12(38,4-2)11-13(21,22)14(23,24)15(25,26)16(27,28)17(29,30)18(31,32)19(33,34)20(35,36)37/h3-11H2,1-2H3.